The molecule has 0 aromatic heterocycles. The molecule has 3 nitrogen and oxygen atoms in total. The normalized spacial score (nSPS) is 14.7. The molecule has 38 heavy (non-hydrogen) atoms. The van der Waals surface area contributed by atoms with Crippen LogP contribution in [0.25, 0.3) is 0 Å². The monoisotopic (exact) mass is 549 g/mol. The Hall–Kier alpha value is -2.24. The third-order valence-corrected chi connectivity index (χ3v) is 9.38. The van der Waals surface area contributed by atoms with Crippen LogP contribution in [0, 0.1) is 0 Å². The van der Waals surface area contributed by atoms with Gasteiger partial charge >= 0.3 is 0 Å². The molecule has 2 N–H and O–H groups in total. The average molecular weight is 550 g/mol. The zero-order valence-corrected chi connectivity index (χ0v) is 25.9. The number of benzene rings is 3. The molecule has 6 bridgehead atoms. The Kier molecular flexibility index (Phi) is 8.68. The van der Waals surface area contributed by atoms with Crippen molar-refractivity contribution < 1.29 is 9.47 Å². The highest BCUT2D eigenvalue weighted by Gasteiger charge is 2.24. The predicted molar refractivity (Wildman–Crippen MR) is 167 cm³/mol. The van der Waals surface area contributed by atoms with Gasteiger partial charge in [0, 0.05) is 46.2 Å². The Morgan fingerprint density at radius 2 is 0.974 bits per heavy atom. The van der Waals surface area contributed by atoms with Crippen molar-refractivity contribution in [3.05, 3.63) is 87.0 Å². The van der Waals surface area contributed by atoms with E-state index in [9.17, 15) is 0 Å². The lowest BCUT2D eigenvalue weighted by Crippen LogP contribution is -2.15. The van der Waals surface area contributed by atoms with Crippen LogP contribution in [0.4, 0.5) is 5.69 Å². The predicted octanol–water partition coefficient (Wildman–Crippen LogP) is 8.65. The van der Waals surface area contributed by atoms with E-state index in [1.807, 2.05) is 23.5 Å². The molecule has 1 aliphatic heterocycles. The first-order chi connectivity index (χ1) is 17.9. The Balaban J connectivity index is 1.94. The number of rotatable bonds is 2. The van der Waals surface area contributed by atoms with E-state index >= 15 is 0 Å². The summed E-state index contributed by atoms with van der Waals surface area (Å²) in [5, 5.41) is 0. The zero-order valence-electron chi connectivity index (χ0n) is 24.3. The number of hydrogen-bond acceptors (Lipinski definition) is 5. The molecule has 3 aromatic rings. The van der Waals surface area contributed by atoms with Gasteiger partial charge in [-0.25, -0.2) is 0 Å². The first-order valence-electron chi connectivity index (χ1n) is 13.3. The molecule has 0 fully saturated rings. The van der Waals surface area contributed by atoms with Crippen molar-refractivity contribution in [3.8, 4) is 11.5 Å². The minimum Gasteiger partial charge on any atom is -0.496 e. The molecule has 0 amide bonds. The number of methoxy groups -OCH3 is 2. The topological polar surface area (TPSA) is 44.5 Å². The molecule has 4 rings (SSSR count). The number of fused-ring (bicyclic) bond motifs is 6. The Morgan fingerprint density at radius 1 is 0.605 bits per heavy atom. The quantitative estimate of drug-likeness (QED) is 0.324. The number of hydrogen-bond donors (Lipinski definition) is 1. The second-order valence-electron chi connectivity index (χ2n) is 12.3. The largest absolute Gasteiger partial charge is 0.496 e. The van der Waals surface area contributed by atoms with Crippen LogP contribution >= 0.6 is 23.5 Å². The summed E-state index contributed by atoms with van der Waals surface area (Å²) in [6, 6.07) is 15.8. The van der Waals surface area contributed by atoms with Crippen LogP contribution in [-0.2, 0) is 40.3 Å². The second kappa shape index (κ2) is 11.5. The van der Waals surface area contributed by atoms with Crippen LogP contribution in [0.5, 0.6) is 11.5 Å². The first-order valence-corrected chi connectivity index (χ1v) is 15.7. The number of thioether (sulfide) groups is 2. The molecule has 3 aromatic carbocycles. The van der Waals surface area contributed by atoms with Crippen molar-refractivity contribution in [1.82, 2.24) is 0 Å². The van der Waals surface area contributed by atoms with Gasteiger partial charge in [-0.05, 0) is 44.2 Å². The molecule has 0 saturated carbocycles. The molecule has 1 aliphatic rings. The number of ether oxygens (including phenoxy) is 2. The minimum absolute atomic E-state index is 0.0270. The van der Waals surface area contributed by atoms with Crippen LogP contribution in [0.3, 0.4) is 0 Å². The Labute approximate surface area is 238 Å². The van der Waals surface area contributed by atoms with E-state index in [-0.39, 0.29) is 10.8 Å². The van der Waals surface area contributed by atoms with Gasteiger partial charge in [0.1, 0.15) is 11.5 Å². The van der Waals surface area contributed by atoms with Crippen molar-refractivity contribution in [3.63, 3.8) is 0 Å². The van der Waals surface area contributed by atoms with Crippen molar-refractivity contribution >= 4 is 29.2 Å². The molecule has 0 aliphatic carbocycles. The van der Waals surface area contributed by atoms with Crippen LogP contribution in [0.1, 0.15) is 86.1 Å². The first kappa shape index (κ1) is 28.8. The molecule has 0 radical (unpaired) electrons. The van der Waals surface area contributed by atoms with Gasteiger partial charge in [-0.2, -0.15) is 23.5 Å². The van der Waals surface area contributed by atoms with E-state index < -0.39 is 0 Å². The summed E-state index contributed by atoms with van der Waals surface area (Å²) in [6.45, 7) is 13.7. The van der Waals surface area contributed by atoms with Crippen LogP contribution in [-0.4, -0.2) is 14.2 Å². The Bertz CT molecular complexity index is 1210. The van der Waals surface area contributed by atoms with Crippen molar-refractivity contribution in [2.75, 3.05) is 20.0 Å². The van der Waals surface area contributed by atoms with E-state index in [0.29, 0.717) is 0 Å². The lowest BCUT2D eigenvalue weighted by molar-refractivity contribution is 0.401. The van der Waals surface area contributed by atoms with E-state index in [1.54, 1.807) is 14.2 Å². The van der Waals surface area contributed by atoms with Crippen molar-refractivity contribution in [2.24, 2.45) is 0 Å². The molecule has 1 heterocycles. The standard InChI is InChI=1S/C33H43NO2S2/c1-32(2,3)27-13-23-12-24-14-28(33(4,5)6)16-26(31(24)36-8)20-38-18-22-11-9-10-21(29(22)34)17-37-19-25(15-27)30(23)35-7/h9-11,13-16H,12,17-20,34H2,1-8H3. The molecule has 0 atom stereocenters. The Morgan fingerprint density at radius 3 is 1.34 bits per heavy atom. The van der Waals surface area contributed by atoms with Gasteiger partial charge in [0.2, 0.25) is 0 Å². The maximum absolute atomic E-state index is 6.67. The number of anilines is 1. The molecular weight excluding hydrogens is 507 g/mol. The average Bonchev–Trinajstić information content (AvgIpc) is 2.84. The van der Waals surface area contributed by atoms with Crippen LogP contribution < -0.4 is 15.2 Å². The maximum Gasteiger partial charge on any atom is 0.126 e. The van der Waals surface area contributed by atoms with Gasteiger partial charge in [-0.1, -0.05) is 84.0 Å². The highest BCUT2D eigenvalue weighted by molar-refractivity contribution is 7.98. The van der Waals surface area contributed by atoms with Gasteiger partial charge in [0.25, 0.3) is 0 Å². The molecule has 204 valence electrons. The summed E-state index contributed by atoms with van der Waals surface area (Å²) >= 11 is 3.80. The van der Waals surface area contributed by atoms with E-state index in [4.69, 9.17) is 15.2 Å². The third-order valence-electron chi connectivity index (χ3n) is 7.32. The van der Waals surface area contributed by atoms with Gasteiger partial charge in [-0.15, -0.1) is 0 Å². The van der Waals surface area contributed by atoms with Crippen molar-refractivity contribution in [1.29, 1.82) is 0 Å². The highest BCUT2D eigenvalue weighted by Crippen LogP contribution is 2.40. The summed E-state index contributed by atoms with van der Waals surface area (Å²) in [5.74, 6) is 5.46. The second-order valence-corrected chi connectivity index (χ2v) is 14.3. The van der Waals surface area contributed by atoms with Gasteiger partial charge in [0.15, 0.2) is 0 Å². The highest BCUT2D eigenvalue weighted by atomic mass is 32.2. The fourth-order valence-electron chi connectivity index (χ4n) is 5.04. The summed E-state index contributed by atoms with van der Waals surface area (Å²) in [7, 11) is 3.60. The summed E-state index contributed by atoms with van der Waals surface area (Å²) < 4.78 is 12.2. The molecule has 5 heteroatoms. The molecule has 0 saturated heterocycles. The van der Waals surface area contributed by atoms with Crippen LogP contribution in [0.15, 0.2) is 42.5 Å². The van der Waals surface area contributed by atoms with Gasteiger partial charge in [-0.3, -0.25) is 0 Å². The summed E-state index contributed by atoms with van der Waals surface area (Å²) in [6.07, 6.45) is 0.765. The summed E-state index contributed by atoms with van der Waals surface area (Å²) in [5.41, 5.74) is 17.6. The molecule has 0 unspecified atom stereocenters. The zero-order chi connectivity index (χ0) is 27.7. The summed E-state index contributed by atoms with van der Waals surface area (Å²) in [4.78, 5) is 0. The van der Waals surface area contributed by atoms with Gasteiger partial charge < -0.3 is 15.2 Å². The van der Waals surface area contributed by atoms with E-state index in [1.165, 1.54) is 44.5 Å². The fraction of sp³-hybridized carbons (Fsp3) is 0.455. The maximum atomic E-state index is 6.67. The molecular formula is C33H43NO2S2. The lowest BCUT2D eigenvalue weighted by Gasteiger charge is -2.26. The van der Waals surface area contributed by atoms with Crippen LogP contribution in [0.2, 0.25) is 0 Å². The third kappa shape index (κ3) is 6.31. The van der Waals surface area contributed by atoms with E-state index in [2.05, 4.69) is 84.0 Å². The minimum atomic E-state index is 0.0270. The lowest BCUT2D eigenvalue weighted by atomic mass is 9.82. The SMILES string of the molecule is COc1c2cc(C(C)(C)C)cc1Cc1cc(C(C)(C)C)cc(c1OC)CSCc1cccc(c1N)CSC2. The van der Waals surface area contributed by atoms with Gasteiger partial charge in [0.05, 0.1) is 14.2 Å². The number of nitrogens with two attached hydrogens (primary N) is 1. The number of nitrogen functional groups attached to an aromatic ring is 1. The van der Waals surface area contributed by atoms with Crippen molar-refractivity contribution in [2.45, 2.75) is 81.8 Å². The number of para-hydroxylation sites is 1. The van der Waals surface area contributed by atoms with E-state index in [0.717, 1.165) is 46.6 Å². The molecule has 0 spiro atoms. The smallest absolute Gasteiger partial charge is 0.126 e. The fourth-order valence-corrected chi connectivity index (χ4v) is 7.06.